The third kappa shape index (κ3) is 5.76. The Morgan fingerprint density at radius 2 is 2.33 bits per heavy atom. The molecule has 2 N–H and O–H groups in total. The van der Waals surface area contributed by atoms with Gasteiger partial charge < -0.3 is 9.84 Å². The second-order valence-corrected chi connectivity index (χ2v) is 1.78. The molecule has 0 aliphatic heterocycles. The van der Waals surface area contributed by atoms with Crippen LogP contribution in [-0.4, -0.2) is 31.1 Å². The van der Waals surface area contributed by atoms with Crippen molar-refractivity contribution in [3.63, 3.8) is 0 Å². The number of nitrogens with one attached hydrogen (secondary N) is 1. The number of hydrogen-bond donors (Lipinski definition) is 2. The van der Waals surface area contributed by atoms with Gasteiger partial charge in [0.15, 0.2) is 0 Å². The smallest absolute Gasteiger partial charge is 0.105 e. The number of aliphatic hydroxyl groups is 1. The molecule has 56 valence electrons. The summed E-state index contributed by atoms with van der Waals surface area (Å²) >= 11 is 0. The Hall–Kier alpha value is -0.120. The van der Waals surface area contributed by atoms with E-state index in [4.69, 9.17) is 9.84 Å². The number of aliphatic hydroxyl groups excluding tert-OH is 1. The summed E-state index contributed by atoms with van der Waals surface area (Å²) in [6.07, 6.45) is 0.0575. The van der Waals surface area contributed by atoms with Gasteiger partial charge in [-0.15, -0.1) is 0 Å². The molecule has 0 fully saturated rings. The van der Waals surface area contributed by atoms with Crippen molar-refractivity contribution in [3.8, 4) is 0 Å². The van der Waals surface area contributed by atoms with Crippen molar-refractivity contribution >= 4 is 0 Å². The van der Waals surface area contributed by atoms with Crippen LogP contribution in [0.3, 0.4) is 0 Å². The third-order valence-electron chi connectivity index (χ3n) is 0.960. The van der Waals surface area contributed by atoms with Crippen LogP contribution >= 0.6 is 0 Å². The zero-order chi connectivity index (χ0) is 7.11. The van der Waals surface area contributed by atoms with E-state index >= 15 is 0 Å². The van der Waals surface area contributed by atoms with Gasteiger partial charge in [0, 0.05) is 13.2 Å². The van der Waals surface area contributed by atoms with Gasteiger partial charge in [-0.05, 0) is 13.8 Å². The van der Waals surface area contributed by atoms with E-state index < -0.39 is 0 Å². The monoisotopic (exact) mass is 133 g/mol. The lowest BCUT2D eigenvalue weighted by molar-refractivity contribution is 0.0486. The largest absolute Gasteiger partial charge is 0.395 e. The van der Waals surface area contributed by atoms with Crippen molar-refractivity contribution in [2.24, 2.45) is 0 Å². The Labute approximate surface area is 56.0 Å². The lowest BCUT2D eigenvalue weighted by Gasteiger charge is -2.11. The van der Waals surface area contributed by atoms with Gasteiger partial charge in [-0.3, -0.25) is 5.32 Å². The predicted octanol–water partition coefficient (Wildman–Crippen LogP) is -0.0492. The Morgan fingerprint density at radius 1 is 1.67 bits per heavy atom. The zero-order valence-electron chi connectivity index (χ0n) is 6.05. The third-order valence-corrected chi connectivity index (χ3v) is 0.960. The van der Waals surface area contributed by atoms with E-state index in [0.29, 0.717) is 13.2 Å². The Morgan fingerprint density at radius 3 is 2.78 bits per heavy atom. The van der Waals surface area contributed by atoms with Gasteiger partial charge in [-0.25, -0.2) is 0 Å². The Balaban J connectivity index is 2.95. The van der Waals surface area contributed by atoms with Gasteiger partial charge in [-0.1, -0.05) is 0 Å². The maximum absolute atomic E-state index is 8.37. The lowest BCUT2D eigenvalue weighted by Crippen LogP contribution is -2.31. The molecule has 0 aliphatic rings. The molecular formula is C6H15NO2. The highest BCUT2D eigenvalue weighted by Crippen LogP contribution is 1.81. The standard InChI is InChI=1S/C6H15NO2/c1-3-9-6(2)7-4-5-8/h6-8H,3-5H2,1-2H3. The van der Waals surface area contributed by atoms with E-state index in [1.54, 1.807) is 0 Å². The summed E-state index contributed by atoms with van der Waals surface area (Å²) in [6, 6.07) is 0. The number of hydrogen-bond acceptors (Lipinski definition) is 3. The van der Waals surface area contributed by atoms with Crippen molar-refractivity contribution in [3.05, 3.63) is 0 Å². The van der Waals surface area contributed by atoms with Crippen LogP contribution in [0.15, 0.2) is 0 Å². The van der Waals surface area contributed by atoms with Crippen LogP contribution in [0.25, 0.3) is 0 Å². The van der Waals surface area contributed by atoms with Crippen LogP contribution in [-0.2, 0) is 4.74 Å². The molecule has 3 nitrogen and oxygen atoms in total. The molecule has 0 spiro atoms. The Bertz CT molecular complexity index is 59.0. The molecule has 3 heteroatoms. The summed E-state index contributed by atoms with van der Waals surface area (Å²) in [5, 5.41) is 11.3. The van der Waals surface area contributed by atoms with Gasteiger partial charge in [0.2, 0.25) is 0 Å². The second-order valence-electron chi connectivity index (χ2n) is 1.78. The predicted molar refractivity (Wildman–Crippen MR) is 36.2 cm³/mol. The quantitative estimate of drug-likeness (QED) is 0.517. The molecule has 0 aromatic rings. The van der Waals surface area contributed by atoms with Gasteiger partial charge >= 0.3 is 0 Å². The van der Waals surface area contributed by atoms with Gasteiger partial charge in [0.25, 0.3) is 0 Å². The lowest BCUT2D eigenvalue weighted by atomic mass is 10.6. The molecule has 0 saturated heterocycles. The van der Waals surface area contributed by atoms with E-state index in [0.717, 1.165) is 0 Å². The van der Waals surface area contributed by atoms with Crippen molar-refractivity contribution in [1.82, 2.24) is 5.32 Å². The Kier molecular flexibility index (Phi) is 5.93. The van der Waals surface area contributed by atoms with Gasteiger partial charge in [0.05, 0.1) is 6.61 Å². The second kappa shape index (κ2) is 6.01. The first-order chi connectivity index (χ1) is 4.31. The van der Waals surface area contributed by atoms with Gasteiger partial charge in [-0.2, -0.15) is 0 Å². The van der Waals surface area contributed by atoms with E-state index in [1.165, 1.54) is 0 Å². The maximum atomic E-state index is 8.37. The molecule has 0 aromatic heterocycles. The summed E-state index contributed by atoms with van der Waals surface area (Å²) in [5.41, 5.74) is 0. The molecule has 1 unspecified atom stereocenters. The highest BCUT2D eigenvalue weighted by atomic mass is 16.5. The molecule has 0 aromatic carbocycles. The summed E-state index contributed by atoms with van der Waals surface area (Å²) in [7, 11) is 0. The molecule has 0 heterocycles. The molecule has 0 bridgehead atoms. The summed E-state index contributed by atoms with van der Waals surface area (Å²) in [4.78, 5) is 0. The van der Waals surface area contributed by atoms with E-state index in [9.17, 15) is 0 Å². The van der Waals surface area contributed by atoms with Crippen LogP contribution in [0.2, 0.25) is 0 Å². The van der Waals surface area contributed by atoms with Crippen LogP contribution in [0.4, 0.5) is 0 Å². The molecular weight excluding hydrogens is 118 g/mol. The first-order valence-corrected chi connectivity index (χ1v) is 3.27. The van der Waals surface area contributed by atoms with Crippen LogP contribution < -0.4 is 5.32 Å². The number of ether oxygens (including phenoxy) is 1. The van der Waals surface area contributed by atoms with Crippen molar-refractivity contribution in [1.29, 1.82) is 0 Å². The molecule has 0 saturated carbocycles. The highest BCUT2D eigenvalue weighted by Gasteiger charge is 1.95. The molecule has 0 aliphatic carbocycles. The van der Waals surface area contributed by atoms with Crippen LogP contribution in [0.1, 0.15) is 13.8 Å². The van der Waals surface area contributed by atoms with Crippen LogP contribution in [0.5, 0.6) is 0 Å². The fourth-order valence-electron chi connectivity index (χ4n) is 0.577. The molecule has 0 amide bonds. The van der Waals surface area contributed by atoms with Crippen molar-refractivity contribution in [2.75, 3.05) is 19.8 Å². The minimum Gasteiger partial charge on any atom is -0.395 e. The maximum Gasteiger partial charge on any atom is 0.105 e. The zero-order valence-corrected chi connectivity index (χ0v) is 6.05. The first kappa shape index (κ1) is 8.88. The topological polar surface area (TPSA) is 41.5 Å². The minimum absolute atomic E-state index is 0.0575. The average Bonchev–Trinajstić information content (AvgIpc) is 1.85. The van der Waals surface area contributed by atoms with E-state index in [-0.39, 0.29) is 12.8 Å². The van der Waals surface area contributed by atoms with E-state index in [2.05, 4.69) is 5.32 Å². The molecule has 0 rings (SSSR count). The highest BCUT2D eigenvalue weighted by molar-refractivity contribution is 4.45. The molecule has 0 radical (unpaired) electrons. The molecule has 1 atom stereocenters. The SMILES string of the molecule is CCOC(C)NCCO. The normalized spacial score (nSPS) is 13.7. The summed E-state index contributed by atoms with van der Waals surface area (Å²) < 4.78 is 5.12. The van der Waals surface area contributed by atoms with Crippen LogP contribution in [0, 0.1) is 0 Å². The van der Waals surface area contributed by atoms with Crippen molar-refractivity contribution < 1.29 is 9.84 Å². The van der Waals surface area contributed by atoms with E-state index in [1.807, 2.05) is 13.8 Å². The summed E-state index contributed by atoms with van der Waals surface area (Å²) in [5.74, 6) is 0. The number of rotatable bonds is 5. The summed E-state index contributed by atoms with van der Waals surface area (Å²) in [6.45, 7) is 5.33. The van der Waals surface area contributed by atoms with Gasteiger partial charge in [0.1, 0.15) is 6.23 Å². The fraction of sp³-hybridized carbons (Fsp3) is 1.00. The van der Waals surface area contributed by atoms with Crippen molar-refractivity contribution in [2.45, 2.75) is 20.1 Å². The minimum atomic E-state index is 0.0575. The fourth-order valence-corrected chi connectivity index (χ4v) is 0.577. The average molecular weight is 133 g/mol. The molecule has 9 heavy (non-hydrogen) atoms. The first-order valence-electron chi connectivity index (χ1n) is 3.27.